The van der Waals surface area contributed by atoms with E-state index < -0.39 is 0 Å². The van der Waals surface area contributed by atoms with Gasteiger partial charge in [0.25, 0.3) is 5.91 Å². The molecule has 1 aromatic carbocycles. The van der Waals surface area contributed by atoms with Crippen LogP contribution in [0.1, 0.15) is 35.7 Å². The Morgan fingerprint density at radius 1 is 1.53 bits per heavy atom. The van der Waals surface area contributed by atoms with Crippen molar-refractivity contribution in [2.24, 2.45) is 0 Å². The van der Waals surface area contributed by atoms with Crippen LogP contribution < -0.4 is 5.32 Å². The molecule has 0 radical (unpaired) electrons. The number of amides is 1. The third kappa shape index (κ3) is 4.63. The lowest BCUT2D eigenvalue weighted by molar-refractivity contribution is 0.0935. The molecule has 0 aromatic heterocycles. The Balaban J connectivity index is 2.66. The molecule has 94 valence electrons. The van der Waals surface area contributed by atoms with Crippen LogP contribution >= 0.6 is 22.6 Å². The first-order chi connectivity index (χ1) is 8.04. The van der Waals surface area contributed by atoms with Gasteiger partial charge in [-0.3, -0.25) is 4.79 Å². The number of hydrogen-bond donors (Lipinski definition) is 2. The van der Waals surface area contributed by atoms with E-state index in [1.54, 1.807) is 0 Å². The van der Waals surface area contributed by atoms with Crippen LogP contribution in [0.2, 0.25) is 0 Å². The third-order valence-corrected chi connectivity index (χ3v) is 3.48. The van der Waals surface area contributed by atoms with Gasteiger partial charge in [-0.2, -0.15) is 0 Å². The fraction of sp³-hybridized carbons (Fsp3) is 0.462. The molecule has 0 heterocycles. The van der Waals surface area contributed by atoms with Gasteiger partial charge in [0.2, 0.25) is 0 Å². The molecule has 0 saturated carbocycles. The van der Waals surface area contributed by atoms with Gasteiger partial charge in [-0.1, -0.05) is 11.6 Å². The van der Waals surface area contributed by atoms with Crippen molar-refractivity contribution < 1.29 is 9.90 Å². The highest BCUT2D eigenvalue weighted by Crippen LogP contribution is 2.14. The molecule has 1 atom stereocenters. The molecule has 0 aliphatic heterocycles. The number of benzene rings is 1. The summed E-state index contributed by atoms with van der Waals surface area (Å²) < 4.78 is 0.958. The SMILES string of the molecule is Cc1ccc(I)c(C(=O)NC(C)CCCO)c1. The maximum Gasteiger partial charge on any atom is 0.252 e. The van der Waals surface area contributed by atoms with Gasteiger partial charge < -0.3 is 10.4 Å². The van der Waals surface area contributed by atoms with E-state index in [0.29, 0.717) is 6.42 Å². The molecule has 2 N–H and O–H groups in total. The molecule has 0 spiro atoms. The van der Waals surface area contributed by atoms with Gasteiger partial charge in [0.05, 0.1) is 5.56 Å². The predicted octanol–water partition coefficient (Wildman–Crippen LogP) is 2.49. The fourth-order valence-electron chi connectivity index (χ4n) is 1.58. The summed E-state index contributed by atoms with van der Waals surface area (Å²) in [4.78, 5) is 12.0. The Labute approximate surface area is 116 Å². The van der Waals surface area contributed by atoms with E-state index in [0.717, 1.165) is 21.1 Å². The van der Waals surface area contributed by atoms with Gasteiger partial charge in [-0.05, 0) is 61.4 Å². The van der Waals surface area contributed by atoms with Crippen LogP contribution in [-0.2, 0) is 0 Å². The number of hydrogen-bond acceptors (Lipinski definition) is 2. The van der Waals surface area contributed by atoms with E-state index in [2.05, 4.69) is 27.9 Å². The van der Waals surface area contributed by atoms with Crippen LogP contribution in [0.25, 0.3) is 0 Å². The lowest BCUT2D eigenvalue weighted by atomic mass is 10.1. The Bertz CT molecular complexity index is 393. The van der Waals surface area contributed by atoms with Crippen molar-refractivity contribution >= 4 is 28.5 Å². The van der Waals surface area contributed by atoms with Crippen LogP contribution in [0.3, 0.4) is 0 Å². The Kier molecular flexibility index (Phi) is 5.91. The lowest BCUT2D eigenvalue weighted by Gasteiger charge is -2.14. The minimum atomic E-state index is -0.0384. The normalized spacial score (nSPS) is 12.2. The summed E-state index contributed by atoms with van der Waals surface area (Å²) in [6.07, 6.45) is 1.51. The van der Waals surface area contributed by atoms with Crippen LogP contribution in [0.15, 0.2) is 18.2 Å². The molecular weight excluding hydrogens is 329 g/mol. The summed E-state index contributed by atoms with van der Waals surface area (Å²) >= 11 is 2.17. The van der Waals surface area contributed by atoms with E-state index in [1.807, 2.05) is 32.0 Å². The second-order valence-corrected chi connectivity index (χ2v) is 5.39. The van der Waals surface area contributed by atoms with Crippen molar-refractivity contribution in [2.45, 2.75) is 32.7 Å². The fourth-order valence-corrected chi connectivity index (χ4v) is 2.16. The standard InChI is InChI=1S/C13H18INO2/c1-9-5-6-12(14)11(8-9)13(17)15-10(2)4-3-7-16/h5-6,8,10,16H,3-4,7H2,1-2H3,(H,15,17). The molecule has 1 amide bonds. The minimum Gasteiger partial charge on any atom is -0.396 e. The number of nitrogens with one attached hydrogen (secondary N) is 1. The first-order valence-corrected chi connectivity index (χ1v) is 6.80. The average Bonchev–Trinajstić information content (AvgIpc) is 2.29. The largest absolute Gasteiger partial charge is 0.396 e. The molecule has 1 unspecified atom stereocenters. The first-order valence-electron chi connectivity index (χ1n) is 5.72. The van der Waals surface area contributed by atoms with Crippen molar-refractivity contribution in [3.63, 3.8) is 0 Å². The van der Waals surface area contributed by atoms with E-state index in [1.165, 1.54) is 0 Å². The zero-order chi connectivity index (χ0) is 12.8. The number of aliphatic hydroxyl groups is 1. The molecule has 3 nitrogen and oxygen atoms in total. The molecule has 4 heteroatoms. The number of aryl methyl sites for hydroxylation is 1. The number of aliphatic hydroxyl groups excluding tert-OH is 1. The predicted molar refractivity (Wildman–Crippen MR) is 77.1 cm³/mol. The third-order valence-electron chi connectivity index (χ3n) is 2.54. The molecule has 0 aliphatic rings. The zero-order valence-electron chi connectivity index (χ0n) is 10.2. The van der Waals surface area contributed by atoms with Gasteiger partial charge in [0, 0.05) is 16.2 Å². The molecule has 0 bridgehead atoms. The topological polar surface area (TPSA) is 49.3 Å². The molecule has 17 heavy (non-hydrogen) atoms. The lowest BCUT2D eigenvalue weighted by Crippen LogP contribution is -2.33. The average molecular weight is 347 g/mol. The smallest absolute Gasteiger partial charge is 0.252 e. The van der Waals surface area contributed by atoms with Gasteiger partial charge in [0.1, 0.15) is 0 Å². The maximum atomic E-state index is 12.0. The molecule has 0 aliphatic carbocycles. The first kappa shape index (κ1) is 14.4. The number of halogens is 1. The second-order valence-electron chi connectivity index (χ2n) is 4.22. The minimum absolute atomic E-state index is 0.0384. The van der Waals surface area contributed by atoms with Crippen molar-refractivity contribution in [3.05, 3.63) is 32.9 Å². The molecule has 1 aromatic rings. The van der Waals surface area contributed by atoms with Crippen molar-refractivity contribution in [3.8, 4) is 0 Å². The van der Waals surface area contributed by atoms with Crippen molar-refractivity contribution in [2.75, 3.05) is 6.61 Å². The van der Waals surface area contributed by atoms with E-state index in [4.69, 9.17) is 5.11 Å². The van der Waals surface area contributed by atoms with E-state index in [-0.39, 0.29) is 18.6 Å². The van der Waals surface area contributed by atoms with Crippen LogP contribution in [-0.4, -0.2) is 23.7 Å². The summed E-state index contributed by atoms with van der Waals surface area (Å²) in [5, 5.41) is 11.7. The van der Waals surface area contributed by atoms with Gasteiger partial charge >= 0.3 is 0 Å². The summed E-state index contributed by atoms with van der Waals surface area (Å²) in [6, 6.07) is 5.93. The number of carbonyl (C=O) groups is 1. The molecular formula is C13H18INO2. The van der Waals surface area contributed by atoms with Crippen LogP contribution in [0, 0.1) is 10.5 Å². The molecule has 0 fully saturated rings. The Hall–Kier alpha value is -0.620. The quantitative estimate of drug-likeness (QED) is 0.804. The van der Waals surface area contributed by atoms with E-state index >= 15 is 0 Å². The second kappa shape index (κ2) is 6.96. The van der Waals surface area contributed by atoms with Gasteiger partial charge in [-0.25, -0.2) is 0 Å². The maximum absolute atomic E-state index is 12.0. The highest BCUT2D eigenvalue weighted by Gasteiger charge is 2.12. The highest BCUT2D eigenvalue weighted by molar-refractivity contribution is 14.1. The number of carbonyl (C=O) groups excluding carboxylic acids is 1. The van der Waals surface area contributed by atoms with Crippen molar-refractivity contribution in [1.29, 1.82) is 0 Å². The van der Waals surface area contributed by atoms with Crippen LogP contribution in [0.5, 0.6) is 0 Å². The monoisotopic (exact) mass is 347 g/mol. The van der Waals surface area contributed by atoms with Crippen molar-refractivity contribution in [1.82, 2.24) is 5.32 Å². The van der Waals surface area contributed by atoms with Gasteiger partial charge in [0.15, 0.2) is 0 Å². The number of rotatable bonds is 5. The van der Waals surface area contributed by atoms with E-state index in [9.17, 15) is 4.79 Å². The zero-order valence-corrected chi connectivity index (χ0v) is 12.3. The summed E-state index contributed by atoms with van der Waals surface area (Å²) in [5.41, 5.74) is 1.81. The van der Waals surface area contributed by atoms with Gasteiger partial charge in [-0.15, -0.1) is 0 Å². The summed E-state index contributed by atoms with van der Waals surface area (Å²) in [7, 11) is 0. The molecule has 1 rings (SSSR count). The Morgan fingerprint density at radius 3 is 2.88 bits per heavy atom. The highest BCUT2D eigenvalue weighted by atomic mass is 127. The summed E-state index contributed by atoms with van der Waals surface area (Å²) in [6.45, 7) is 4.10. The Morgan fingerprint density at radius 2 is 2.24 bits per heavy atom. The molecule has 0 saturated heterocycles. The summed E-state index contributed by atoms with van der Waals surface area (Å²) in [5.74, 6) is -0.0384. The van der Waals surface area contributed by atoms with Crippen LogP contribution in [0.4, 0.5) is 0 Å².